The van der Waals surface area contributed by atoms with E-state index in [0.717, 1.165) is 45.8 Å². The maximum atomic E-state index is 14.1. The summed E-state index contributed by atoms with van der Waals surface area (Å²) < 4.78 is 20.1. The molecule has 5 rings (SSSR count). The Labute approximate surface area is 178 Å². The van der Waals surface area contributed by atoms with E-state index in [0.29, 0.717) is 17.7 Å². The molecule has 152 valence electrons. The van der Waals surface area contributed by atoms with Crippen molar-refractivity contribution in [1.29, 1.82) is 0 Å². The molecule has 0 saturated heterocycles. The van der Waals surface area contributed by atoms with Crippen LogP contribution in [0.5, 0.6) is 5.75 Å². The number of halogens is 1. The summed E-state index contributed by atoms with van der Waals surface area (Å²) in [6.45, 7) is 1.96. The van der Waals surface area contributed by atoms with Crippen molar-refractivity contribution >= 4 is 23.5 Å². The Morgan fingerprint density at radius 1 is 1.20 bits per heavy atom. The molecule has 2 N–H and O–H groups in total. The van der Waals surface area contributed by atoms with Gasteiger partial charge in [0.25, 0.3) is 5.91 Å². The number of amides is 1. The van der Waals surface area contributed by atoms with Gasteiger partial charge in [0, 0.05) is 29.9 Å². The van der Waals surface area contributed by atoms with Gasteiger partial charge in [-0.2, -0.15) is 0 Å². The molecule has 2 atom stereocenters. The standard InChI is InChI=1S/C23H20FN3O2S/c1-13-8-15-10-17(24)22(30-25)12-19(15)27(13)23(28)21-11-16-9-14(5-6-20(16)29-21)18-4-2-3-7-26-18/h2-7,9-10,12-13,21H,8,11,25H2,1H3. The molecule has 0 radical (unpaired) electrons. The van der Waals surface area contributed by atoms with Gasteiger partial charge in [-0.3, -0.25) is 14.9 Å². The average molecular weight is 421 g/mol. The van der Waals surface area contributed by atoms with Crippen molar-refractivity contribution in [2.45, 2.75) is 36.8 Å². The zero-order chi connectivity index (χ0) is 20.8. The molecule has 2 aliphatic rings. The van der Waals surface area contributed by atoms with Gasteiger partial charge in [0.05, 0.1) is 10.6 Å². The number of nitrogens with zero attached hydrogens (tertiary/aromatic N) is 2. The lowest BCUT2D eigenvalue weighted by Crippen LogP contribution is -2.44. The van der Waals surface area contributed by atoms with Crippen LogP contribution < -0.4 is 14.8 Å². The van der Waals surface area contributed by atoms with Gasteiger partial charge in [-0.25, -0.2) is 4.39 Å². The average Bonchev–Trinajstić information content (AvgIpc) is 3.32. The highest BCUT2D eigenvalue weighted by Gasteiger charge is 2.39. The maximum absolute atomic E-state index is 14.1. The lowest BCUT2D eigenvalue weighted by Gasteiger charge is -2.25. The zero-order valence-electron chi connectivity index (χ0n) is 16.3. The molecule has 1 amide bonds. The number of carbonyl (C=O) groups is 1. The van der Waals surface area contributed by atoms with Crippen molar-refractivity contribution in [2.24, 2.45) is 5.14 Å². The SMILES string of the molecule is CC1Cc2cc(F)c(SN)cc2N1C(=O)C1Cc2cc(-c3ccccn3)ccc2O1. The van der Waals surface area contributed by atoms with Gasteiger partial charge in [-0.1, -0.05) is 6.07 Å². The first-order chi connectivity index (χ1) is 14.5. The van der Waals surface area contributed by atoms with Crippen LogP contribution >= 0.6 is 11.9 Å². The topological polar surface area (TPSA) is 68.5 Å². The summed E-state index contributed by atoms with van der Waals surface area (Å²) in [6, 6.07) is 14.7. The van der Waals surface area contributed by atoms with E-state index >= 15 is 0 Å². The molecule has 0 bridgehead atoms. The number of carbonyl (C=O) groups excluding carboxylic acids is 1. The minimum atomic E-state index is -0.605. The van der Waals surface area contributed by atoms with Crippen LogP contribution in [0.2, 0.25) is 0 Å². The summed E-state index contributed by atoms with van der Waals surface area (Å²) >= 11 is 0.848. The molecule has 2 aliphatic heterocycles. The molecule has 3 heterocycles. The molecule has 2 aromatic carbocycles. The first-order valence-electron chi connectivity index (χ1n) is 9.78. The van der Waals surface area contributed by atoms with Crippen molar-refractivity contribution < 1.29 is 13.9 Å². The van der Waals surface area contributed by atoms with Gasteiger partial charge in [0.1, 0.15) is 11.6 Å². The Kier molecular flexibility index (Phi) is 4.72. The van der Waals surface area contributed by atoms with Crippen LogP contribution in [0.4, 0.5) is 10.1 Å². The number of fused-ring (bicyclic) bond motifs is 2. The van der Waals surface area contributed by atoms with Gasteiger partial charge in [0.2, 0.25) is 0 Å². The van der Waals surface area contributed by atoms with E-state index in [1.807, 2.05) is 43.3 Å². The second kappa shape index (κ2) is 7.41. The summed E-state index contributed by atoms with van der Waals surface area (Å²) in [7, 11) is 0. The summed E-state index contributed by atoms with van der Waals surface area (Å²) in [4.78, 5) is 19.8. The predicted molar refractivity (Wildman–Crippen MR) is 115 cm³/mol. The molecule has 5 nitrogen and oxygen atoms in total. The Morgan fingerprint density at radius 2 is 2.07 bits per heavy atom. The number of ether oxygens (including phenoxy) is 1. The predicted octanol–water partition coefficient (Wildman–Crippen LogP) is 4.13. The third-order valence-corrected chi connectivity index (χ3v) is 6.25. The van der Waals surface area contributed by atoms with Gasteiger partial charge in [-0.05, 0) is 78.9 Å². The molecular weight excluding hydrogens is 401 g/mol. The van der Waals surface area contributed by atoms with E-state index in [2.05, 4.69) is 4.98 Å². The summed E-state index contributed by atoms with van der Waals surface area (Å²) in [5.41, 5.74) is 4.40. The van der Waals surface area contributed by atoms with Crippen LogP contribution in [0.1, 0.15) is 18.1 Å². The normalized spacial score (nSPS) is 19.4. The highest BCUT2D eigenvalue weighted by atomic mass is 32.2. The number of nitrogens with two attached hydrogens (primary N) is 1. The lowest BCUT2D eigenvalue weighted by atomic mass is 10.0. The van der Waals surface area contributed by atoms with Crippen molar-refractivity contribution in [3.63, 3.8) is 0 Å². The van der Waals surface area contributed by atoms with E-state index in [4.69, 9.17) is 9.88 Å². The van der Waals surface area contributed by atoms with Crippen molar-refractivity contribution in [3.05, 3.63) is 71.7 Å². The quantitative estimate of drug-likeness (QED) is 0.644. The fourth-order valence-electron chi connectivity index (χ4n) is 4.28. The highest BCUT2D eigenvalue weighted by molar-refractivity contribution is 7.97. The zero-order valence-corrected chi connectivity index (χ0v) is 17.2. The Morgan fingerprint density at radius 3 is 2.83 bits per heavy atom. The van der Waals surface area contributed by atoms with E-state index in [1.165, 1.54) is 6.07 Å². The maximum Gasteiger partial charge on any atom is 0.268 e. The summed E-state index contributed by atoms with van der Waals surface area (Å²) in [5, 5.41) is 5.59. The fraction of sp³-hybridized carbons (Fsp3) is 0.217. The molecule has 2 unspecified atom stereocenters. The van der Waals surface area contributed by atoms with Gasteiger partial charge in [-0.15, -0.1) is 0 Å². The second-order valence-electron chi connectivity index (χ2n) is 7.64. The van der Waals surface area contributed by atoms with Crippen LogP contribution in [0, 0.1) is 5.82 Å². The van der Waals surface area contributed by atoms with Gasteiger partial charge >= 0.3 is 0 Å². The molecule has 0 spiro atoms. The van der Waals surface area contributed by atoms with Gasteiger partial charge < -0.3 is 9.64 Å². The van der Waals surface area contributed by atoms with Gasteiger partial charge in [0.15, 0.2) is 6.10 Å². The third-order valence-electron chi connectivity index (χ3n) is 5.68. The first kappa shape index (κ1) is 19.1. The Hall–Kier alpha value is -2.90. The minimum Gasteiger partial charge on any atom is -0.480 e. The number of hydrogen-bond donors (Lipinski definition) is 1. The van der Waals surface area contributed by atoms with E-state index in [9.17, 15) is 9.18 Å². The fourth-order valence-corrected chi connectivity index (χ4v) is 4.63. The highest BCUT2D eigenvalue weighted by Crippen LogP contribution is 2.39. The van der Waals surface area contributed by atoms with Crippen LogP contribution in [-0.4, -0.2) is 23.0 Å². The Balaban J connectivity index is 1.41. The van der Waals surface area contributed by atoms with Crippen LogP contribution in [0.25, 0.3) is 11.3 Å². The van der Waals surface area contributed by atoms with Crippen molar-refractivity contribution in [2.75, 3.05) is 4.90 Å². The molecule has 0 fully saturated rings. The molecule has 30 heavy (non-hydrogen) atoms. The number of pyridine rings is 1. The number of aromatic nitrogens is 1. The first-order valence-corrected chi connectivity index (χ1v) is 10.7. The summed E-state index contributed by atoms with van der Waals surface area (Å²) in [6.07, 6.45) is 2.25. The minimum absolute atomic E-state index is 0.0682. The second-order valence-corrected chi connectivity index (χ2v) is 8.31. The van der Waals surface area contributed by atoms with Crippen molar-refractivity contribution in [1.82, 2.24) is 4.98 Å². The smallest absolute Gasteiger partial charge is 0.268 e. The molecule has 0 saturated carbocycles. The number of benzene rings is 2. The van der Waals surface area contributed by atoms with Crippen LogP contribution in [0.3, 0.4) is 0 Å². The largest absolute Gasteiger partial charge is 0.480 e. The van der Waals surface area contributed by atoms with E-state index < -0.39 is 6.10 Å². The third kappa shape index (κ3) is 3.14. The van der Waals surface area contributed by atoms with Crippen molar-refractivity contribution in [3.8, 4) is 17.0 Å². The molecular formula is C23H20FN3O2S. The number of hydrogen-bond acceptors (Lipinski definition) is 5. The molecule has 1 aromatic heterocycles. The number of rotatable bonds is 3. The van der Waals surface area contributed by atoms with Crippen LogP contribution in [-0.2, 0) is 17.6 Å². The van der Waals surface area contributed by atoms with Crippen LogP contribution in [0.15, 0.2) is 59.6 Å². The molecule has 0 aliphatic carbocycles. The summed E-state index contributed by atoms with van der Waals surface area (Å²) in [5.74, 6) is 0.253. The van der Waals surface area contributed by atoms with E-state index in [-0.39, 0.29) is 17.8 Å². The van der Waals surface area contributed by atoms with E-state index in [1.54, 1.807) is 17.2 Å². The Bertz CT molecular complexity index is 1140. The lowest BCUT2D eigenvalue weighted by molar-refractivity contribution is -0.124. The molecule has 7 heteroatoms. The number of anilines is 1. The monoisotopic (exact) mass is 421 g/mol. The molecule has 3 aromatic rings.